The Labute approximate surface area is 123 Å². The van der Waals surface area contributed by atoms with E-state index in [0.29, 0.717) is 0 Å². The van der Waals surface area contributed by atoms with Gasteiger partial charge in [0.15, 0.2) is 0 Å². The number of hydrogen-bond donors (Lipinski definition) is 0. The van der Waals surface area contributed by atoms with Crippen LogP contribution in [0.1, 0.15) is 45.4 Å². The molecule has 2 aromatic heterocycles. The molecule has 0 atom stereocenters. The van der Waals surface area contributed by atoms with Gasteiger partial charge in [-0.15, -0.1) is 0 Å². The van der Waals surface area contributed by atoms with E-state index in [4.69, 9.17) is 0 Å². The maximum absolute atomic E-state index is 4.13. The number of rotatable bonds is 6. The molecule has 20 heavy (non-hydrogen) atoms. The zero-order chi connectivity index (χ0) is 14.8. The van der Waals surface area contributed by atoms with Gasteiger partial charge >= 0.3 is 0 Å². The third-order valence-corrected chi connectivity index (χ3v) is 3.27. The average molecular weight is 277 g/mol. The van der Waals surface area contributed by atoms with Crippen molar-refractivity contribution in [3.05, 3.63) is 36.9 Å². The normalized spacial score (nSPS) is 10.2. The number of nitrogens with zero attached hydrogens (tertiary/aromatic N) is 4. The lowest BCUT2D eigenvalue weighted by molar-refractivity contribution is -0.696. The molecule has 0 spiro atoms. The third kappa shape index (κ3) is 6.04. The Morgan fingerprint density at radius 3 is 2.40 bits per heavy atom. The van der Waals surface area contributed by atoms with Gasteiger partial charge in [-0.25, -0.2) is 14.1 Å². The van der Waals surface area contributed by atoms with Crippen LogP contribution < -0.4 is 4.57 Å². The minimum Gasteiger partial charge on any atom is -0.335 e. The van der Waals surface area contributed by atoms with Gasteiger partial charge in [-0.05, 0) is 19.8 Å². The summed E-state index contributed by atoms with van der Waals surface area (Å²) in [7, 11) is 2.04. The molecule has 112 valence electrons. The smallest absolute Gasteiger partial charge is 0.243 e. The molecule has 0 aliphatic heterocycles. The van der Waals surface area contributed by atoms with Crippen LogP contribution >= 0.6 is 0 Å². The van der Waals surface area contributed by atoms with E-state index in [1.807, 2.05) is 26.4 Å². The maximum Gasteiger partial charge on any atom is 0.243 e. The summed E-state index contributed by atoms with van der Waals surface area (Å²) in [5.41, 5.74) is 0. The number of unbranched alkanes of at least 4 members (excludes halogenated alkanes) is 2. The molecule has 4 heteroatoms. The van der Waals surface area contributed by atoms with E-state index in [2.05, 4.69) is 51.3 Å². The van der Waals surface area contributed by atoms with Crippen LogP contribution in [0.2, 0.25) is 0 Å². The second-order valence-electron chi connectivity index (χ2n) is 5.19. The number of imidazole rings is 2. The van der Waals surface area contributed by atoms with E-state index >= 15 is 0 Å². The second-order valence-corrected chi connectivity index (χ2v) is 5.19. The van der Waals surface area contributed by atoms with Gasteiger partial charge in [0.1, 0.15) is 18.2 Å². The molecule has 2 rings (SSSR count). The molecule has 0 saturated carbocycles. The van der Waals surface area contributed by atoms with Crippen molar-refractivity contribution in [2.45, 2.75) is 59.5 Å². The van der Waals surface area contributed by atoms with Crippen LogP contribution in [0.3, 0.4) is 0 Å². The first kappa shape index (κ1) is 16.5. The zero-order valence-electron chi connectivity index (χ0n) is 13.4. The predicted molar refractivity (Wildman–Crippen MR) is 82.4 cm³/mol. The van der Waals surface area contributed by atoms with Crippen molar-refractivity contribution in [2.75, 3.05) is 0 Å². The van der Waals surface area contributed by atoms with Crippen LogP contribution in [0.4, 0.5) is 0 Å². The summed E-state index contributed by atoms with van der Waals surface area (Å²) in [6.45, 7) is 8.71. The molecule has 0 bridgehead atoms. The van der Waals surface area contributed by atoms with Gasteiger partial charge < -0.3 is 4.57 Å². The molecule has 0 radical (unpaired) electrons. The fraction of sp³-hybridized carbons (Fsp3) is 0.625. The Morgan fingerprint density at radius 2 is 1.90 bits per heavy atom. The first-order valence-corrected chi connectivity index (χ1v) is 7.66. The quantitative estimate of drug-likeness (QED) is 0.745. The summed E-state index contributed by atoms with van der Waals surface area (Å²) in [5, 5.41) is 0. The van der Waals surface area contributed by atoms with Gasteiger partial charge in [0.2, 0.25) is 6.33 Å². The first-order valence-electron chi connectivity index (χ1n) is 7.66. The average Bonchev–Trinajstić information content (AvgIpc) is 3.04. The summed E-state index contributed by atoms with van der Waals surface area (Å²) >= 11 is 0. The summed E-state index contributed by atoms with van der Waals surface area (Å²) in [5.74, 6) is 1.12. The fourth-order valence-electron chi connectivity index (χ4n) is 1.94. The molecule has 0 aliphatic rings. The molecule has 0 saturated heterocycles. The van der Waals surface area contributed by atoms with Crippen molar-refractivity contribution in [1.82, 2.24) is 14.1 Å². The molecule has 2 heterocycles. The number of aryl methyl sites for hydroxylation is 4. The van der Waals surface area contributed by atoms with Crippen molar-refractivity contribution >= 4 is 0 Å². The predicted octanol–water partition coefficient (Wildman–Crippen LogP) is 3.10. The summed E-state index contributed by atoms with van der Waals surface area (Å²) in [6, 6.07) is 0. The van der Waals surface area contributed by atoms with Gasteiger partial charge in [0.05, 0.1) is 13.6 Å². The number of hydrogen-bond acceptors (Lipinski definition) is 1. The highest BCUT2D eigenvalue weighted by Crippen LogP contribution is 1.98. The molecule has 2 aromatic rings. The second kappa shape index (κ2) is 9.34. The summed E-state index contributed by atoms with van der Waals surface area (Å²) in [6.07, 6.45) is 15.2. The van der Waals surface area contributed by atoms with Gasteiger partial charge in [0, 0.05) is 18.9 Å². The lowest BCUT2D eigenvalue weighted by Gasteiger charge is -2.01. The van der Waals surface area contributed by atoms with Crippen LogP contribution in [0, 0.1) is 6.92 Å². The largest absolute Gasteiger partial charge is 0.335 e. The molecule has 0 unspecified atom stereocenters. The monoisotopic (exact) mass is 277 g/mol. The van der Waals surface area contributed by atoms with Crippen molar-refractivity contribution in [1.29, 1.82) is 0 Å². The van der Waals surface area contributed by atoms with E-state index in [1.54, 1.807) is 0 Å². The maximum atomic E-state index is 4.13. The Balaban J connectivity index is 0.000000200. The zero-order valence-corrected chi connectivity index (χ0v) is 13.4. The molecular weight excluding hydrogens is 248 g/mol. The standard InChI is InChI=1S/C8H14N2.C8H15N2/c1-3-4-6-10-7-5-9-8(10)2;1-3-4-5-10-7-6-9(2)8-10/h5,7H,3-4,6H2,1-2H3;6-8H,3-5H2,1-2H3/q;+1. The van der Waals surface area contributed by atoms with E-state index in [-0.39, 0.29) is 0 Å². The van der Waals surface area contributed by atoms with Crippen LogP contribution in [0.5, 0.6) is 0 Å². The van der Waals surface area contributed by atoms with Gasteiger partial charge in [-0.2, -0.15) is 0 Å². The Morgan fingerprint density at radius 1 is 1.15 bits per heavy atom. The Bertz CT molecular complexity index is 470. The van der Waals surface area contributed by atoms with E-state index in [9.17, 15) is 0 Å². The minimum atomic E-state index is 1.11. The topological polar surface area (TPSA) is 26.6 Å². The molecule has 0 amide bonds. The molecular formula is C16H29N4+. The van der Waals surface area contributed by atoms with Gasteiger partial charge in [-0.1, -0.05) is 26.7 Å². The lowest BCUT2D eigenvalue weighted by Crippen LogP contribution is -2.30. The van der Waals surface area contributed by atoms with Crippen molar-refractivity contribution in [3.8, 4) is 0 Å². The first-order chi connectivity index (χ1) is 9.67. The summed E-state index contributed by atoms with van der Waals surface area (Å²) < 4.78 is 6.46. The Kier molecular flexibility index (Phi) is 7.70. The summed E-state index contributed by atoms with van der Waals surface area (Å²) in [4.78, 5) is 4.13. The van der Waals surface area contributed by atoms with E-state index in [0.717, 1.165) is 18.9 Å². The Hall–Kier alpha value is -1.58. The van der Waals surface area contributed by atoms with E-state index in [1.165, 1.54) is 25.7 Å². The highest BCUT2D eigenvalue weighted by molar-refractivity contribution is 4.87. The lowest BCUT2D eigenvalue weighted by atomic mass is 10.3. The molecule has 0 fully saturated rings. The SMILES string of the molecule is CCCC[n+]1ccn(C)c1.CCCCn1ccnc1C. The molecule has 4 nitrogen and oxygen atoms in total. The van der Waals surface area contributed by atoms with Crippen molar-refractivity contribution in [3.63, 3.8) is 0 Å². The van der Waals surface area contributed by atoms with Crippen molar-refractivity contribution < 1.29 is 4.57 Å². The molecule has 0 aliphatic carbocycles. The fourth-order valence-corrected chi connectivity index (χ4v) is 1.94. The van der Waals surface area contributed by atoms with Crippen LogP contribution in [-0.4, -0.2) is 14.1 Å². The van der Waals surface area contributed by atoms with Gasteiger partial charge in [0.25, 0.3) is 0 Å². The van der Waals surface area contributed by atoms with Crippen LogP contribution in [0.15, 0.2) is 31.1 Å². The van der Waals surface area contributed by atoms with Crippen molar-refractivity contribution in [2.24, 2.45) is 7.05 Å². The molecule has 0 aromatic carbocycles. The molecule has 0 N–H and O–H groups in total. The highest BCUT2D eigenvalue weighted by Gasteiger charge is 1.96. The third-order valence-electron chi connectivity index (χ3n) is 3.27. The van der Waals surface area contributed by atoms with E-state index < -0.39 is 0 Å². The van der Waals surface area contributed by atoms with Crippen LogP contribution in [-0.2, 0) is 20.1 Å². The highest BCUT2D eigenvalue weighted by atomic mass is 15.1. The number of aromatic nitrogens is 4. The minimum absolute atomic E-state index is 1.11. The van der Waals surface area contributed by atoms with Gasteiger partial charge in [-0.3, -0.25) is 0 Å². The van der Waals surface area contributed by atoms with Crippen LogP contribution in [0.25, 0.3) is 0 Å².